The maximum Gasteiger partial charge on any atom is 0.222 e. The first kappa shape index (κ1) is 30.8. The van der Waals surface area contributed by atoms with Crippen molar-refractivity contribution >= 4 is 11.8 Å². The molecular weight excluding hydrogens is 449 g/mol. The highest BCUT2D eigenvalue weighted by molar-refractivity contribution is 5.79. The number of methoxy groups -OCH3 is 1. The number of aliphatic hydroxyl groups excluding tert-OH is 1. The van der Waals surface area contributed by atoms with Gasteiger partial charge in [0.1, 0.15) is 0 Å². The quantitative estimate of drug-likeness (QED) is 0.270. The van der Waals surface area contributed by atoms with Gasteiger partial charge >= 0.3 is 0 Å². The molecule has 1 rings (SSSR count). The van der Waals surface area contributed by atoms with Gasteiger partial charge in [0.2, 0.25) is 11.8 Å². The normalized spacial score (nSPS) is 12.9. The predicted molar refractivity (Wildman–Crippen MR) is 138 cm³/mol. The van der Waals surface area contributed by atoms with E-state index in [0.29, 0.717) is 30.9 Å². The molecule has 0 unspecified atom stereocenters. The van der Waals surface area contributed by atoms with Crippen LogP contribution in [0.3, 0.4) is 0 Å². The fourth-order valence-corrected chi connectivity index (χ4v) is 3.90. The zero-order chi connectivity index (χ0) is 26.2. The van der Waals surface area contributed by atoms with Crippen LogP contribution < -0.4 is 15.4 Å². The first-order valence-corrected chi connectivity index (χ1v) is 13.0. The molecule has 0 saturated heterocycles. The molecule has 1 aromatic carbocycles. The third-order valence-corrected chi connectivity index (χ3v) is 5.87. The molecule has 0 heterocycles. The van der Waals surface area contributed by atoms with Crippen molar-refractivity contribution in [3.05, 3.63) is 29.6 Å². The van der Waals surface area contributed by atoms with Crippen LogP contribution in [0.15, 0.2) is 18.2 Å². The topological polar surface area (TPSA) is 90.9 Å². The summed E-state index contributed by atoms with van der Waals surface area (Å²) in [5.41, 5.74) is 0.653. The van der Waals surface area contributed by atoms with Crippen molar-refractivity contribution in [3.8, 4) is 5.75 Å². The molecular formula is C27H46FN3O4. The minimum Gasteiger partial charge on any atom is -0.494 e. The van der Waals surface area contributed by atoms with Crippen LogP contribution in [0.1, 0.15) is 71.8 Å². The summed E-state index contributed by atoms with van der Waals surface area (Å²) in [6, 6.07) is 4.05. The van der Waals surface area contributed by atoms with Crippen molar-refractivity contribution in [2.45, 2.75) is 84.8 Å². The summed E-state index contributed by atoms with van der Waals surface area (Å²) < 4.78 is 19.2. The number of hydrogen-bond donors (Lipinski definition) is 3. The molecule has 7 nitrogen and oxygen atoms in total. The van der Waals surface area contributed by atoms with E-state index in [-0.39, 0.29) is 30.4 Å². The average molecular weight is 496 g/mol. The van der Waals surface area contributed by atoms with Crippen LogP contribution in [0.25, 0.3) is 0 Å². The van der Waals surface area contributed by atoms with E-state index in [1.165, 1.54) is 13.2 Å². The number of carbonyl (C=O) groups excluding carboxylic acids is 2. The molecule has 0 saturated carbocycles. The Bertz CT molecular complexity index is 754. The summed E-state index contributed by atoms with van der Waals surface area (Å²) >= 11 is 0. The molecule has 0 radical (unpaired) electrons. The maximum absolute atomic E-state index is 14.2. The number of benzene rings is 1. The molecule has 2 amide bonds. The Balaban J connectivity index is 2.72. The van der Waals surface area contributed by atoms with E-state index in [0.717, 1.165) is 38.9 Å². The van der Waals surface area contributed by atoms with Crippen molar-refractivity contribution < 1.29 is 23.8 Å². The lowest BCUT2D eigenvalue weighted by atomic mass is 10.00. The predicted octanol–water partition coefficient (Wildman–Crippen LogP) is 3.68. The van der Waals surface area contributed by atoms with Crippen molar-refractivity contribution in [2.24, 2.45) is 5.92 Å². The van der Waals surface area contributed by atoms with Crippen molar-refractivity contribution in [1.82, 2.24) is 15.5 Å². The second-order valence-corrected chi connectivity index (χ2v) is 9.54. The molecule has 0 aliphatic heterocycles. The van der Waals surface area contributed by atoms with E-state index in [4.69, 9.17) is 4.74 Å². The van der Waals surface area contributed by atoms with Crippen LogP contribution in [0, 0.1) is 11.7 Å². The van der Waals surface area contributed by atoms with E-state index in [1.807, 2.05) is 18.7 Å². The van der Waals surface area contributed by atoms with Gasteiger partial charge in [-0.1, -0.05) is 33.8 Å². The number of nitrogens with one attached hydrogen (secondary N) is 2. The van der Waals surface area contributed by atoms with Crippen LogP contribution >= 0.6 is 0 Å². The zero-order valence-electron chi connectivity index (χ0n) is 22.2. The molecule has 2 atom stereocenters. The van der Waals surface area contributed by atoms with Crippen molar-refractivity contribution in [2.75, 3.05) is 33.3 Å². The highest BCUT2D eigenvalue weighted by atomic mass is 19.1. The number of nitrogens with zero attached hydrogens (tertiary/aromatic N) is 1. The van der Waals surface area contributed by atoms with E-state index < -0.39 is 18.0 Å². The Morgan fingerprint density at radius 3 is 2.40 bits per heavy atom. The molecule has 200 valence electrons. The van der Waals surface area contributed by atoms with Gasteiger partial charge in [-0.05, 0) is 62.3 Å². The molecule has 0 aliphatic rings. The second-order valence-electron chi connectivity index (χ2n) is 9.54. The summed E-state index contributed by atoms with van der Waals surface area (Å²) in [4.78, 5) is 27.0. The summed E-state index contributed by atoms with van der Waals surface area (Å²) in [6.45, 7) is 10.9. The molecule has 0 aromatic heterocycles. The van der Waals surface area contributed by atoms with Gasteiger partial charge in [-0.15, -0.1) is 0 Å². The smallest absolute Gasteiger partial charge is 0.222 e. The van der Waals surface area contributed by atoms with Gasteiger partial charge in [0.15, 0.2) is 11.6 Å². The van der Waals surface area contributed by atoms with Gasteiger partial charge in [-0.2, -0.15) is 0 Å². The monoisotopic (exact) mass is 495 g/mol. The number of amides is 2. The lowest BCUT2D eigenvalue weighted by Gasteiger charge is -2.25. The van der Waals surface area contributed by atoms with Crippen LogP contribution in [-0.4, -0.2) is 67.3 Å². The lowest BCUT2D eigenvalue weighted by Crippen LogP contribution is -2.49. The second kappa shape index (κ2) is 17.3. The minimum absolute atomic E-state index is 0.0705. The average Bonchev–Trinajstić information content (AvgIpc) is 2.81. The molecule has 0 spiro atoms. The van der Waals surface area contributed by atoms with Gasteiger partial charge in [0.25, 0.3) is 0 Å². The van der Waals surface area contributed by atoms with E-state index in [1.54, 1.807) is 12.1 Å². The Labute approximate surface area is 210 Å². The fourth-order valence-electron chi connectivity index (χ4n) is 3.90. The van der Waals surface area contributed by atoms with Gasteiger partial charge in [-0.3, -0.25) is 9.59 Å². The first-order valence-electron chi connectivity index (χ1n) is 13.0. The Hall–Kier alpha value is -2.19. The molecule has 35 heavy (non-hydrogen) atoms. The molecule has 3 N–H and O–H groups in total. The van der Waals surface area contributed by atoms with Crippen molar-refractivity contribution in [3.63, 3.8) is 0 Å². The van der Waals surface area contributed by atoms with Crippen LogP contribution in [-0.2, 0) is 16.0 Å². The first-order chi connectivity index (χ1) is 16.7. The molecule has 0 aliphatic carbocycles. The Kier molecular flexibility index (Phi) is 15.2. The Morgan fingerprint density at radius 2 is 1.83 bits per heavy atom. The number of carbonyl (C=O) groups is 2. The summed E-state index contributed by atoms with van der Waals surface area (Å²) in [5, 5.41) is 16.9. The summed E-state index contributed by atoms with van der Waals surface area (Å²) in [6.07, 6.45) is 3.18. The number of rotatable bonds is 18. The number of halogens is 1. The standard InChI is InChI=1S/C27H46FN3O4/c1-6-15-31(16-7-2)27(34)10-8-9-26(33)30-23(24(32)19-29-14-13-20(3)4)18-21-11-12-25(35-5)22(28)17-21/h11-12,17,20,23-24,29,32H,6-10,13-16,18-19H2,1-5H3,(H,30,33)/t23-,24+/m0/s1. The minimum atomic E-state index is -0.845. The van der Waals surface area contributed by atoms with Gasteiger partial charge < -0.3 is 25.4 Å². The maximum atomic E-state index is 14.2. The molecule has 1 aromatic rings. The van der Waals surface area contributed by atoms with Gasteiger partial charge in [-0.25, -0.2) is 4.39 Å². The zero-order valence-corrected chi connectivity index (χ0v) is 22.2. The van der Waals surface area contributed by atoms with Crippen LogP contribution in [0.4, 0.5) is 4.39 Å². The molecule has 0 bridgehead atoms. The van der Waals surface area contributed by atoms with E-state index in [2.05, 4.69) is 24.5 Å². The van der Waals surface area contributed by atoms with Crippen LogP contribution in [0.2, 0.25) is 0 Å². The van der Waals surface area contributed by atoms with Gasteiger partial charge in [0, 0.05) is 32.5 Å². The highest BCUT2D eigenvalue weighted by Crippen LogP contribution is 2.19. The number of aliphatic hydroxyl groups is 1. The van der Waals surface area contributed by atoms with E-state index in [9.17, 15) is 19.1 Å². The van der Waals surface area contributed by atoms with E-state index >= 15 is 0 Å². The lowest BCUT2D eigenvalue weighted by molar-refractivity contribution is -0.131. The largest absolute Gasteiger partial charge is 0.494 e. The van der Waals surface area contributed by atoms with Crippen molar-refractivity contribution in [1.29, 1.82) is 0 Å². The highest BCUT2D eigenvalue weighted by Gasteiger charge is 2.22. The van der Waals surface area contributed by atoms with Gasteiger partial charge in [0.05, 0.1) is 19.3 Å². The number of ether oxygens (including phenoxy) is 1. The van der Waals surface area contributed by atoms with Crippen LogP contribution in [0.5, 0.6) is 5.75 Å². The summed E-state index contributed by atoms with van der Waals surface area (Å²) in [5.74, 6) is 0.0549. The third kappa shape index (κ3) is 12.4. The Morgan fingerprint density at radius 1 is 1.14 bits per heavy atom. The molecule has 8 heteroatoms. The third-order valence-electron chi connectivity index (χ3n) is 5.87. The SMILES string of the molecule is CCCN(CCC)C(=O)CCCC(=O)N[C@@H](Cc1ccc(OC)c(F)c1)[C@H](O)CNCCC(C)C. The molecule has 0 fully saturated rings. The summed E-state index contributed by atoms with van der Waals surface area (Å²) in [7, 11) is 1.40. The fraction of sp³-hybridized carbons (Fsp3) is 0.704. The number of hydrogen-bond acceptors (Lipinski definition) is 5.